The molecule has 0 saturated carbocycles. The van der Waals surface area contributed by atoms with Gasteiger partial charge in [-0.25, -0.2) is 0 Å². The van der Waals surface area contributed by atoms with E-state index in [0.717, 1.165) is 4.90 Å². The van der Waals surface area contributed by atoms with Gasteiger partial charge in [0.15, 0.2) is 6.04 Å². The molecule has 0 bridgehead atoms. The molecule has 1 fully saturated rings. The van der Waals surface area contributed by atoms with Gasteiger partial charge in [-0.3, -0.25) is 0 Å². The average molecular weight is 228 g/mol. The van der Waals surface area contributed by atoms with Crippen LogP contribution in [0.3, 0.4) is 0 Å². The molecule has 0 aromatic carbocycles. The summed E-state index contributed by atoms with van der Waals surface area (Å²) in [4.78, 5) is 14.9. The second-order valence-corrected chi connectivity index (χ2v) is 5.00. The van der Waals surface area contributed by atoms with Crippen LogP contribution in [0.1, 0.15) is 20.8 Å². The standard InChI is InChI=1S/C9H16N4O3/c1-9(2,3)7-6(11-12-10)5(14)4-13(7)8(15)16/h5-7,10,14H,4H2,1-3H3/t5-,6+,7?/m1/s1. The first-order valence-electron chi connectivity index (χ1n) is 5.01. The van der Waals surface area contributed by atoms with E-state index in [0.29, 0.717) is 0 Å². The lowest BCUT2D eigenvalue weighted by molar-refractivity contribution is -0.268. The maximum Gasteiger partial charge on any atom is 0.214 e. The van der Waals surface area contributed by atoms with Crippen molar-refractivity contribution in [3.63, 3.8) is 0 Å². The molecule has 1 amide bonds. The molecule has 1 saturated heterocycles. The Balaban J connectivity index is 3.09. The maximum atomic E-state index is 10.9. The molecule has 0 spiro atoms. The summed E-state index contributed by atoms with van der Waals surface area (Å²) in [7, 11) is 0. The normalized spacial score (nSPS) is 30.0. The fourth-order valence-electron chi connectivity index (χ4n) is 2.19. The van der Waals surface area contributed by atoms with Gasteiger partial charge in [0, 0.05) is 6.54 Å². The smallest absolute Gasteiger partial charge is 0.214 e. The molecule has 1 unspecified atom stereocenters. The first-order valence-corrected chi connectivity index (χ1v) is 5.01. The highest BCUT2D eigenvalue weighted by molar-refractivity contribution is 5.64. The van der Waals surface area contributed by atoms with Gasteiger partial charge in [0.25, 0.3) is 0 Å². The second kappa shape index (κ2) is 4.19. The monoisotopic (exact) mass is 228 g/mol. The number of nitrogens with zero attached hydrogens (tertiary/aromatic N) is 3. The lowest BCUT2D eigenvalue weighted by atomic mass is 9.82. The summed E-state index contributed by atoms with van der Waals surface area (Å²) in [6.45, 7) is 5.49. The topological polar surface area (TPSA) is 114 Å². The Kier molecular flexibility index (Phi) is 3.30. The van der Waals surface area contributed by atoms with Crippen LogP contribution in [0.25, 0.3) is 0 Å². The predicted molar refractivity (Wildman–Crippen MR) is 52.4 cm³/mol. The van der Waals surface area contributed by atoms with Crippen LogP contribution < -0.4 is 10.0 Å². The molecule has 3 atom stereocenters. The van der Waals surface area contributed by atoms with E-state index in [1.165, 1.54) is 0 Å². The van der Waals surface area contributed by atoms with Crippen molar-refractivity contribution in [2.45, 2.75) is 39.0 Å². The Morgan fingerprint density at radius 2 is 2.19 bits per heavy atom. The van der Waals surface area contributed by atoms with Crippen LogP contribution in [-0.4, -0.2) is 40.8 Å². The third-order valence-electron chi connectivity index (χ3n) is 2.75. The van der Waals surface area contributed by atoms with E-state index in [-0.39, 0.29) is 6.54 Å². The molecular formula is C9H16N4O3. The van der Waals surface area contributed by atoms with E-state index < -0.39 is 29.7 Å². The Morgan fingerprint density at radius 3 is 2.56 bits per heavy atom. The fraction of sp³-hybridized carbons (Fsp3) is 0.889. The highest BCUT2D eigenvalue weighted by Crippen LogP contribution is 2.34. The number of aliphatic hydroxyl groups excluding tert-OH is 1. The van der Waals surface area contributed by atoms with E-state index in [4.69, 9.17) is 5.53 Å². The summed E-state index contributed by atoms with van der Waals surface area (Å²) >= 11 is 0. The van der Waals surface area contributed by atoms with Crippen LogP contribution in [0.5, 0.6) is 0 Å². The lowest BCUT2D eigenvalue weighted by Gasteiger charge is -2.36. The Bertz CT molecular complexity index is 332. The van der Waals surface area contributed by atoms with Gasteiger partial charge in [-0.2, -0.15) is 0 Å². The molecule has 90 valence electrons. The number of amides is 1. The van der Waals surface area contributed by atoms with Gasteiger partial charge in [0.1, 0.15) is 22.8 Å². The molecule has 7 nitrogen and oxygen atoms in total. The van der Waals surface area contributed by atoms with Crippen molar-refractivity contribution in [2.24, 2.45) is 10.5 Å². The summed E-state index contributed by atoms with van der Waals surface area (Å²) in [5, 5.41) is 24.2. The van der Waals surface area contributed by atoms with E-state index in [9.17, 15) is 15.0 Å². The van der Waals surface area contributed by atoms with Gasteiger partial charge in [-0.15, -0.1) is 0 Å². The van der Waals surface area contributed by atoms with Crippen LogP contribution in [0.15, 0.2) is 5.11 Å². The van der Waals surface area contributed by atoms with Crippen molar-refractivity contribution in [1.29, 1.82) is 5.53 Å². The molecule has 1 rings (SSSR count). The van der Waals surface area contributed by atoms with E-state index in [2.05, 4.69) is 10.0 Å². The van der Waals surface area contributed by atoms with Gasteiger partial charge < -0.3 is 19.9 Å². The highest BCUT2D eigenvalue weighted by atomic mass is 16.4. The van der Waals surface area contributed by atoms with E-state index in [1.807, 2.05) is 20.8 Å². The Hall–Kier alpha value is -1.46. The SMILES string of the molecule is CC(C)(C)C1[C@@H](N=[N+]=N)[C@H](O)CN1C(=O)[O-]. The highest BCUT2D eigenvalue weighted by Gasteiger charge is 2.49. The molecule has 1 heterocycles. The molecule has 1 aliphatic heterocycles. The number of carbonyl (C=O) groups is 1. The van der Waals surface area contributed by atoms with Crippen LogP contribution in [-0.2, 0) is 0 Å². The first-order chi connectivity index (χ1) is 7.29. The third-order valence-corrected chi connectivity index (χ3v) is 2.75. The lowest BCUT2D eigenvalue weighted by Crippen LogP contribution is -2.51. The summed E-state index contributed by atoms with van der Waals surface area (Å²) in [5.41, 5.74) is 6.28. The summed E-state index contributed by atoms with van der Waals surface area (Å²) in [6.07, 6.45) is -2.27. The van der Waals surface area contributed by atoms with Crippen molar-refractivity contribution in [2.75, 3.05) is 6.54 Å². The molecule has 0 aromatic rings. The number of hydrogen-bond acceptors (Lipinski definition) is 5. The van der Waals surface area contributed by atoms with Crippen molar-refractivity contribution in [3.8, 4) is 0 Å². The zero-order valence-electron chi connectivity index (χ0n) is 9.54. The number of aliphatic hydroxyl groups is 1. The minimum Gasteiger partial charge on any atom is -0.530 e. The van der Waals surface area contributed by atoms with E-state index in [1.54, 1.807) is 0 Å². The molecule has 1 aliphatic rings. The Labute approximate surface area is 93.3 Å². The second-order valence-electron chi connectivity index (χ2n) is 5.00. The molecule has 16 heavy (non-hydrogen) atoms. The van der Waals surface area contributed by atoms with Crippen LogP contribution in [0.4, 0.5) is 4.79 Å². The fourth-order valence-corrected chi connectivity index (χ4v) is 2.19. The van der Waals surface area contributed by atoms with Gasteiger partial charge in [0.05, 0.1) is 6.04 Å². The third kappa shape index (κ3) is 2.20. The summed E-state index contributed by atoms with van der Waals surface area (Å²) in [5.74, 6) is 0. The first kappa shape index (κ1) is 12.6. The predicted octanol–water partition coefficient (Wildman–Crippen LogP) is -0.660. The molecule has 2 N–H and O–H groups in total. The minimum absolute atomic E-state index is 0.0477. The largest absolute Gasteiger partial charge is 0.530 e. The number of rotatable bonds is 1. The van der Waals surface area contributed by atoms with Crippen LogP contribution >= 0.6 is 0 Å². The van der Waals surface area contributed by atoms with Crippen molar-refractivity contribution in [3.05, 3.63) is 0 Å². The van der Waals surface area contributed by atoms with Gasteiger partial charge >= 0.3 is 0 Å². The number of hydrogen-bond donors (Lipinski definition) is 2. The number of carbonyl (C=O) groups excluding carboxylic acids is 1. The molecular weight excluding hydrogens is 212 g/mol. The summed E-state index contributed by atoms with van der Waals surface area (Å²) < 4.78 is 0. The molecule has 7 heteroatoms. The number of carboxylic acid groups (broad SMARTS) is 1. The zero-order valence-corrected chi connectivity index (χ0v) is 9.54. The van der Waals surface area contributed by atoms with Crippen LogP contribution in [0.2, 0.25) is 0 Å². The molecule has 0 aromatic heterocycles. The maximum absolute atomic E-state index is 10.9. The van der Waals surface area contributed by atoms with Gasteiger partial charge in [-0.05, 0) is 5.41 Å². The van der Waals surface area contributed by atoms with Crippen molar-refractivity contribution >= 4 is 6.09 Å². The molecule has 0 aliphatic carbocycles. The quantitative estimate of drug-likeness (QED) is 0.458. The summed E-state index contributed by atoms with van der Waals surface area (Å²) in [6, 6.07) is -1.23. The number of β-amino-alcohol motifs (C(OH)–C–C–N with tert-alkyl or cyclic N) is 1. The van der Waals surface area contributed by atoms with Crippen molar-refractivity contribution in [1.82, 2.24) is 9.81 Å². The zero-order chi connectivity index (χ0) is 12.5. The van der Waals surface area contributed by atoms with E-state index >= 15 is 0 Å². The molecule has 0 radical (unpaired) electrons. The average Bonchev–Trinajstić information content (AvgIpc) is 2.44. The van der Waals surface area contributed by atoms with Crippen molar-refractivity contribution < 1.29 is 15.0 Å². The van der Waals surface area contributed by atoms with Gasteiger partial charge in [-0.1, -0.05) is 20.8 Å². The number of likely N-dealkylation sites (tertiary alicyclic amines) is 1. The number of nitrogens with one attached hydrogen (secondary N) is 1. The van der Waals surface area contributed by atoms with Gasteiger partial charge in [0.2, 0.25) is 4.91 Å². The minimum atomic E-state index is -1.33. The van der Waals surface area contributed by atoms with Crippen LogP contribution in [0, 0.1) is 10.9 Å². The Morgan fingerprint density at radius 1 is 1.62 bits per heavy atom.